The number of fused-ring (bicyclic) bond motifs is 1. The number of hydrogen-bond acceptors (Lipinski definition) is 5. The molecule has 0 aromatic carbocycles. The normalized spacial score (nSPS) is 38.7. The molecule has 0 saturated carbocycles. The second kappa shape index (κ2) is 6.87. The zero-order chi connectivity index (χ0) is 18.4. The zero-order valence-corrected chi connectivity index (χ0v) is 15.8. The van der Waals surface area contributed by atoms with E-state index >= 15 is 0 Å². The van der Waals surface area contributed by atoms with Gasteiger partial charge in [0.1, 0.15) is 5.60 Å². The van der Waals surface area contributed by atoms with Crippen LogP contribution >= 0.6 is 0 Å². The highest BCUT2D eigenvalue weighted by Gasteiger charge is 2.67. The summed E-state index contributed by atoms with van der Waals surface area (Å²) in [6, 6.07) is 0. The van der Waals surface area contributed by atoms with Crippen molar-refractivity contribution in [3.63, 3.8) is 0 Å². The van der Waals surface area contributed by atoms with Crippen LogP contribution in [0.25, 0.3) is 0 Å². The van der Waals surface area contributed by atoms with Gasteiger partial charge in [-0.15, -0.1) is 0 Å². The number of rotatable bonds is 4. The molecule has 7 nitrogen and oxygen atoms in total. The van der Waals surface area contributed by atoms with Gasteiger partial charge in [0.2, 0.25) is 11.8 Å². The van der Waals surface area contributed by atoms with Gasteiger partial charge in [0, 0.05) is 26.2 Å². The predicted molar refractivity (Wildman–Crippen MR) is 98.0 cm³/mol. The van der Waals surface area contributed by atoms with Crippen molar-refractivity contribution in [3.05, 3.63) is 12.2 Å². The molecule has 0 N–H and O–H groups in total. The SMILES string of the molecule is O=C([C@H]1[C@@H]2C=C[C@@]3(CN(CCN4CCCCC4)C(=O)[C@H]13)O2)N1CCOCC1. The number of hydrogen-bond donors (Lipinski definition) is 0. The Kier molecular flexibility index (Phi) is 4.49. The lowest BCUT2D eigenvalue weighted by Crippen LogP contribution is -2.49. The van der Waals surface area contributed by atoms with Crippen LogP contribution in [0, 0.1) is 11.8 Å². The molecule has 5 aliphatic rings. The van der Waals surface area contributed by atoms with Crippen molar-refractivity contribution in [1.82, 2.24) is 14.7 Å². The molecule has 2 bridgehead atoms. The smallest absolute Gasteiger partial charge is 0.230 e. The Labute approximate surface area is 160 Å². The summed E-state index contributed by atoms with van der Waals surface area (Å²) in [5.41, 5.74) is -0.587. The van der Waals surface area contributed by atoms with E-state index in [1.807, 2.05) is 22.0 Å². The van der Waals surface area contributed by atoms with Gasteiger partial charge in [0.05, 0.1) is 37.7 Å². The highest BCUT2D eigenvalue weighted by Crippen LogP contribution is 2.52. The van der Waals surface area contributed by atoms with Gasteiger partial charge in [0.25, 0.3) is 0 Å². The molecular formula is C20H29N3O4. The molecule has 0 radical (unpaired) electrons. The van der Waals surface area contributed by atoms with Crippen molar-refractivity contribution in [3.8, 4) is 0 Å². The van der Waals surface area contributed by atoms with E-state index in [2.05, 4.69) is 4.90 Å². The summed E-state index contributed by atoms with van der Waals surface area (Å²) in [6.07, 6.45) is 7.62. The summed E-state index contributed by atoms with van der Waals surface area (Å²) in [5.74, 6) is -0.569. The van der Waals surface area contributed by atoms with Crippen LogP contribution in [0.4, 0.5) is 0 Å². The van der Waals surface area contributed by atoms with Crippen LogP contribution in [-0.2, 0) is 19.1 Å². The second-order valence-corrected chi connectivity index (χ2v) is 8.50. The summed E-state index contributed by atoms with van der Waals surface area (Å²) in [6.45, 7) is 6.87. The Morgan fingerprint density at radius 3 is 2.67 bits per heavy atom. The number of carbonyl (C=O) groups is 2. The lowest BCUT2D eigenvalue weighted by molar-refractivity contribution is -0.146. The van der Waals surface area contributed by atoms with Crippen molar-refractivity contribution in [2.45, 2.75) is 31.0 Å². The van der Waals surface area contributed by atoms with Gasteiger partial charge in [-0.25, -0.2) is 0 Å². The topological polar surface area (TPSA) is 62.3 Å². The lowest BCUT2D eigenvalue weighted by atomic mass is 9.76. The molecule has 148 valence electrons. The number of nitrogens with zero attached hydrogens (tertiary/aromatic N) is 3. The largest absolute Gasteiger partial charge is 0.378 e. The number of likely N-dealkylation sites (tertiary alicyclic amines) is 2. The van der Waals surface area contributed by atoms with Crippen molar-refractivity contribution >= 4 is 11.8 Å². The number of amides is 2. The van der Waals surface area contributed by atoms with Crippen LogP contribution in [0.15, 0.2) is 12.2 Å². The van der Waals surface area contributed by atoms with Gasteiger partial charge in [-0.05, 0) is 25.9 Å². The first-order chi connectivity index (χ1) is 13.2. The zero-order valence-electron chi connectivity index (χ0n) is 15.8. The molecule has 7 heteroatoms. The van der Waals surface area contributed by atoms with Crippen molar-refractivity contribution in [1.29, 1.82) is 0 Å². The van der Waals surface area contributed by atoms with Crippen LogP contribution in [0.5, 0.6) is 0 Å². The third-order valence-electron chi connectivity index (χ3n) is 6.92. The van der Waals surface area contributed by atoms with E-state index in [0.717, 1.165) is 26.2 Å². The third kappa shape index (κ3) is 2.91. The van der Waals surface area contributed by atoms with E-state index < -0.39 is 5.60 Å². The van der Waals surface area contributed by atoms with Crippen molar-refractivity contribution < 1.29 is 19.1 Å². The number of ether oxygens (including phenoxy) is 2. The van der Waals surface area contributed by atoms with Gasteiger partial charge < -0.3 is 24.2 Å². The van der Waals surface area contributed by atoms with Gasteiger partial charge in [0.15, 0.2) is 0 Å². The minimum Gasteiger partial charge on any atom is -0.378 e. The quantitative estimate of drug-likeness (QED) is 0.653. The molecule has 1 spiro atoms. The Bertz CT molecular complexity index is 641. The Hall–Kier alpha value is -1.44. The molecule has 0 aliphatic carbocycles. The number of piperidine rings is 1. The summed E-state index contributed by atoms with van der Waals surface area (Å²) < 4.78 is 11.6. The minimum atomic E-state index is -0.587. The molecule has 5 aliphatic heterocycles. The molecular weight excluding hydrogens is 346 g/mol. The van der Waals surface area contributed by atoms with E-state index in [9.17, 15) is 9.59 Å². The van der Waals surface area contributed by atoms with Gasteiger partial charge in [-0.2, -0.15) is 0 Å². The summed E-state index contributed by atoms with van der Waals surface area (Å²) in [7, 11) is 0. The van der Waals surface area contributed by atoms with E-state index in [0.29, 0.717) is 32.8 Å². The Morgan fingerprint density at radius 2 is 1.89 bits per heavy atom. The maximum atomic E-state index is 13.2. The predicted octanol–water partition coefficient (Wildman–Crippen LogP) is 0.113. The third-order valence-corrected chi connectivity index (χ3v) is 6.92. The average Bonchev–Trinajstić information content (AvgIpc) is 3.35. The summed E-state index contributed by atoms with van der Waals surface area (Å²) in [4.78, 5) is 32.6. The van der Waals surface area contributed by atoms with Crippen molar-refractivity contribution in [2.75, 3.05) is 59.0 Å². The lowest BCUT2D eigenvalue weighted by Gasteiger charge is -2.32. The van der Waals surface area contributed by atoms with Gasteiger partial charge >= 0.3 is 0 Å². The first-order valence-corrected chi connectivity index (χ1v) is 10.4. The van der Waals surface area contributed by atoms with E-state index in [4.69, 9.17) is 9.47 Å². The fraction of sp³-hybridized carbons (Fsp3) is 0.800. The van der Waals surface area contributed by atoms with Gasteiger partial charge in [-0.1, -0.05) is 18.6 Å². The Balaban J connectivity index is 1.29. The first-order valence-electron chi connectivity index (χ1n) is 10.4. The van der Waals surface area contributed by atoms with Gasteiger partial charge in [-0.3, -0.25) is 9.59 Å². The average molecular weight is 375 g/mol. The Morgan fingerprint density at radius 1 is 1.11 bits per heavy atom. The minimum absolute atomic E-state index is 0.0609. The molecule has 0 unspecified atom stereocenters. The first kappa shape index (κ1) is 17.6. The van der Waals surface area contributed by atoms with Crippen LogP contribution in [0.2, 0.25) is 0 Å². The molecule has 4 saturated heterocycles. The van der Waals surface area contributed by atoms with Crippen LogP contribution in [0.3, 0.4) is 0 Å². The van der Waals surface area contributed by atoms with E-state index in [1.54, 1.807) is 0 Å². The molecule has 5 heterocycles. The molecule has 4 fully saturated rings. The highest BCUT2D eigenvalue weighted by atomic mass is 16.5. The van der Waals surface area contributed by atoms with Crippen molar-refractivity contribution in [2.24, 2.45) is 11.8 Å². The molecule has 0 aromatic heterocycles. The standard InChI is InChI=1S/C20H29N3O4/c24-18(22-10-12-26-13-11-22)16-15-4-5-20(27-15)14-23(19(25)17(16)20)9-8-21-6-2-1-3-7-21/h4-5,15-17H,1-3,6-14H2/t15-,16-,17-,20-/m0/s1. The van der Waals surface area contributed by atoms with E-state index in [1.165, 1.54) is 19.3 Å². The highest BCUT2D eigenvalue weighted by molar-refractivity contribution is 5.93. The second-order valence-electron chi connectivity index (χ2n) is 8.50. The van der Waals surface area contributed by atoms with Crippen LogP contribution in [-0.4, -0.2) is 97.2 Å². The maximum absolute atomic E-state index is 13.2. The molecule has 4 atom stereocenters. The summed E-state index contributed by atoms with van der Waals surface area (Å²) >= 11 is 0. The summed E-state index contributed by atoms with van der Waals surface area (Å²) in [5, 5.41) is 0. The molecule has 0 aromatic rings. The molecule has 27 heavy (non-hydrogen) atoms. The number of carbonyl (C=O) groups excluding carboxylic acids is 2. The molecule has 5 rings (SSSR count). The fourth-order valence-electron chi connectivity index (χ4n) is 5.49. The van der Waals surface area contributed by atoms with Crippen LogP contribution in [0.1, 0.15) is 19.3 Å². The molecule has 2 amide bonds. The monoisotopic (exact) mass is 375 g/mol. The fourth-order valence-corrected chi connectivity index (χ4v) is 5.49. The van der Waals surface area contributed by atoms with Crippen LogP contribution < -0.4 is 0 Å². The maximum Gasteiger partial charge on any atom is 0.230 e. The van der Waals surface area contributed by atoms with E-state index in [-0.39, 0.29) is 29.8 Å². The number of morpholine rings is 1.